The lowest BCUT2D eigenvalue weighted by molar-refractivity contribution is -0.136. The molecule has 1 amide bonds. The third-order valence-corrected chi connectivity index (χ3v) is 7.54. The van der Waals surface area contributed by atoms with E-state index in [4.69, 9.17) is 14.8 Å². The maximum atomic E-state index is 13.6. The molecule has 1 aliphatic heterocycles. The number of hydrogen-bond acceptors (Lipinski definition) is 5. The van der Waals surface area contributed by atoms with Gasteiger partial charge in [-0.25, -0.2) is 9.80 Å². The minimum absolute atomic E-state index is 0.288. The van der Waals surface area contributed by atoms with Gasteiger partial charge in [-0.15, -0.1) is 0 Å². The second kappa shape index (κ2) is 10.7. The predicted molar refractivity (Wildman–Crippen MR) is 157 cm³/mol. The van der Waals surface area contributed by atoms with Crippen molar-refractivity contribution in [2.75, 3.05) is 6.61 Å². The number of fused-ring (bicyclic) bond motifs is 2. The highest BCUT2D eigenvalue weighted by atomic mass is 16.5. The molecule has 6 heteroatoms. The summed E-state index contributed by atoms with van der Waals surface area (Å²) in [5.41, 5.74) is 5.57. The van der Waals surface area contributed by atoms with Crippen molar-refractivity contribution in [3.63, 3.8) is 0 Å². The van der Waals surface area contributed by atoms with E-state index in [1.54, 1.807) is 0 Å². The predicted octanol–water partition coefficient (Wildman–Crippen LogP) is 6.79. The van der Waals surface area contributed by atoms with Gasteiger partial charge in [0.25, 0.3) is 5.91 Å². The highest BCUT2D eigenvalue weighted by Gasteiger charge is 2.34. The summed E-state index contributed by atoms with van der Waals surface area (Å²) in [4.78, 5) is 31.6. The molecule has 1 aromatic heterocycles. The molecule has 4 aromatic carbocycles. The molecule has 0 N–H and O–H groups in total. The number of nitrogens with zero attached hydrogens (tertiary/aromatic N) is 3. The van der Waals surface area contributed by atoms with Crippen molar-refractivity contribution < 1.29 is 14.3 Å². The van der Waals surface area contributed by atoms with Crippen LogP contribution in [0, 0.1) is 6.92 Å². The second-order valence-electron chi connectivity index (χ2n) is 9.98. The Morgan fingerprint density at radius 2 is 1.62 bits per heavy atom. The largest absolute Gasteiger partial charge is 0.452 e. The van der Waals surface area contributed by atoms with E-state index in [-0.39, 0.29) is 11.9 Å². The van der Waals surface area contributed by atoms with Crippen LogP contribution in [0.15, 0.2) is 102 Å². The zero-order valence-electron chi connectivity index (χ0n) is 22.5. The van der Waals surface area contributed by atoms with Crippen LogP contribution < -0.4 is 0 Å². The zero-order valence-corrected chi connectivity index (χ0v) is 22.5. The molecule has 5 aromatic rings. The van der Waals surface area contributed by atoms with Crippen molar-refractivity contribution >= 4 is 39.3 Å². The first-order valence-corrected chi connectivity index (χ1v) is 13.5. The molecule has 0 bridgehead atoms. The summed E-state index contributed by atoms with van der Waals surface area (Å²) in [6, 6.07) is 31.4. The van der Waals surface area contributed by atoms with Gasteiger partial charge in [-0.1, -0.05) is 91.9 Å². The van der Waals surface area contributed by atoms with Crippen LogP contribution in [0.1, 0.15) is 52.1 Å². The molecule has 0 saturated carbocycles. The van der Waals surface area contributed by atoms with Gasteiger partial charge in [-0.3, -0.25) is 9.78 Å². The highest BCUT2D eigenvalue weighted by molar-refractivity contribution is 6.07. The van der Waals surface area contributed by atoms with E-state index in [1.807, 2.05) is 86.6 Å². The van der Waals surface area contributed by atoms with E-state index in [1.165, 1.54) is 5.01 Å². The summed E-state index contributed by atoms with van der Waals surface area (Å²) in [5, 5.41) is 9.22. The maximum absolute atomic E-state index is 13.6. The van der Waals surface area contributed by atoms with Crippen LogP contribution in [0.5, 0.6) is 0 Å². The first-order chi connectivity index (χ1) is 19.5. The van der Waals surface area contributed by atoms with Crippen molar-refractivity contribution in [1.29, 1.82) is 0 Å². The Kier molecular flexibility index (Phi) is 6.83. The Bertz CT molecular complexity index is 1780. The molecule has 6 rings (SSSR count). The number of esters is 1. The van der Waals surface area contributed by atoms with Crippen molar-refractivity contribution in [1.82, 2.24) is 9.99 Å². The Morgan fingerprint density at radius 3 is 2.42 bits per heavy atom. The fraction of sp³-hybridized carbons (Fsp3) is 0.176. The molecule has 2 heterocycles. The molecule has 0 unspecified atom stereocenters. The monoisotopic (exact) mass is 527 g/mol. The highest BCUT2D eigenvalue weighted by Crippen LogP contribution is 2.33. The Balaban J connectivity index is 1.28. The van der Waals surface area contributed by atoms with Crippen molar-refractivity contribution in [2.45, 2.75) is 32.7 Å². The zero-order chi connectivity index (χ0) is 27.6. The van der Waals surface area contributed by atoms with Crippen LogP contribution in [0.25, 0.3) is 21.7 Å². The molecular formula is C34H29N3O3. The number of benzene rings is 4. The molecular weight excluding hydrogens is 498 g/mol. The Morgan fingerprint density at radius 1 is 0.900 bits per heavy atom. The molecule has 1 aliphatic rings. The number of carbonyl (C=O) groups excluding carboxylic acids is 2. The number of para-hydroxylation sites is 1. The maximum Gasteiger partial charge on any atom is 0.339 e. The molecule has 0 fully saturated rings. The SMILES string of the molecule is CCc1nc2ccccc2c(C(=O)OCC(=O)N2N=C(c3ccc4ccccc4c3)C[C@H]2c2ccccc2)c1C. The van der Waals surface area contributed by atoms with Gasteiger partial charge in [-0.05, 0) is 52.9 Å². The Hall–Kier alpha value is -4.84. The fourth-order valence-corrected chi connectivity index (χ4v) is 5.45. The van der Waals surface area contributed by atoms with E-state index in [0.717, 1.165) is 49.8 Å². The second-order valence-corrected chi connectivity index (χ2v) is 9.98. The molecule has 0 aliphatic carbocycles. The summed E-state index contributed by atoms with van der Waals surface area (Å²) in [5.74, 6) is -0.905. The van der Waals surface area contributed by atoms with E-state index < -0.39 is 12.6 Å². The van der Waals surface area contributed by atoms with Gasteiger partial charge >= 0.3 is 5.97 Å². The number of hydrogen-bond donors (Lipinski definition) is 0. The van der Waals surface area contributed by atoms with Crippen molar-refractivity contribution in [3.05, 3.63) is 125 Å². The van der Waals surface area contributed by atoms with Gasteiger partial charge < -0.3 is 4.74 Å². The van der Waals surface area contributed by atoms with Gasteiger partial charge in [0.05, 0.1) is 22.8 Å². The number of carbonyl (C=O) groups is 2. The van der Waals surface area contributed by atoms with E-state index in [9.17, 15) is 9.59 Å². The number of aromatic nitrogens is 1. The number of ether oxygens (including phenoxy) is 1. The minimum atomic E-state index is -0.534. The van der Waals surface area contributed by atoms with Crippen LogP contribution in [0.4, 0.5) is 0 Å². The van der Waals surface area contributed by atoms with E-state index in [0.29, 0.717) is 18.4 Å². The van der Waals surface area contributed by atoms with Crippen molar-refractivity contribution in [3.8, 4) is 0 Å². The van der Waals surface area contributed by atoms with Gasteiger partial charge in [0.1, 0.15) is 0 Å². The van der Waals surface area contributed by atoms with Crippen LogP contribution >= 0.6 is 0 Å². The summed E-state index contributed by atoms with van der Waals surface area (Å²) in [6.45, 7) is 3.47. The standard InChI is InChI=1S/C34H29N3O3/c1-3-28-22(2)33(27-15-9-10-16-29(27)35-28)34(39)40-21-32(38)37-31(24-12-5-4-6-13-24)20-30(36-37)26-18-17-23-11-7-8-14-25(23)19-26/h4-19,31H,3,20-21H2,1-2H3/t31-/m0/s1. The number of amides is 1. The number of pyridine rings is 1. The van der Waals surface area contributed by atoms with E-state index in [2.05, 4.69) is 24.3 Å². The topological polar surface area (TPSA) is 71.9 Å². The number of aryl methyl sites for hydroxylation is 1. The number of hydrazone groups is 1. The van der Waals surface area contributed by atoms with Crippen molar-refractivity contribution in [2.24, 2.45) is 5.10 Å². The molecule has 6 nitrogen and oxygen atoms in total. The summed E-state index contributed by atoms with van der Waals surface area (Å²) < 4.78 is 5.65. The van der Waals surface area contributed by atoms with Gasteiger partial charge in [0.2, 0.25) is 0 Å². The summed E-state index contributed by atoms with van der Waals surface area (Å²) in [7, 11) is 0. The average molecular weight is 528 g/mol. The average Bonchev–Trinajstić information content (AvgIpc) is 3.45. The quantitative estimate of drug-likeness (QED) is 0.228. The molecule has 0 spiro atoms. The molecule has 0 saturated heterocycles. The van der Waals surface area contributed by atoms with Crippen LogP contribution in [-0.2, 0) is 16.0 Å². The summed E-state index contributed by atoms with van der Waals surface area (Å²) in [6.07, 6.45) is 1.25. The minimum Gasteiger partial charge on any atom is -0.452 e. The third kappa shape index (κ3) is 4.73. The van der Waals surface area contributed by atoms with Gasteiger partial charge in [-0.2, -0.15) is 5.10 Å². The lowest BCUT2D eigenvalue weighted by Crippen LogP contribution is -2.31. The molecule has 1 atom stereocenters. The summed E-state index contributed by atoms with van der Waals surface area (Å²) >= 11 is 0. The third-order valence-electron chi connectivity index (χ3n) is 7.54. The number of rotatable bonds is 6. The molecule has 0 radical (unpaired) electrons. The Labute approximate surface area is 232 Å². The van der Waals surface area contributed by atoms with Crippen LogP contribution in [0.3, 0.4) is 0 Å². The van der Waals surface area contributed by atoms with Crippen LogP contribution in [0.2, 0.25) is 0 Å². The molecule has 40 heavy (non-hydrogen) atoms. The van der Waals surface area contributed by atoms with Gasteiger partial charge in [0, 0.05) is 17.5 Å². The first-order valence-electron chi connectivity index (χ1n) is 13.5. The first kappa shape index (κ1) is 25.4. The fourth-order valence-electron chi connectivity index (χ4n) is 5.45. The van der Waals surface area contributed by atoms with E-state index >= 15 is 0 Å². The van der Waals surface area contributed by atoms with Gasteiger partial charge in [0.15, 0.2) is 6.61 Å². The normalized spacial score (nSPS) is 14.9. The lowest BCUT2D eigenvalue weighted by Gasteiger charge is -2.22. The lowest BCUT2D eigenvalue weighted by atomic mass is 9.97. The van der Waals surface area contributed by atoms with Crippen LogP contribution in [-0.4, -0.2) is 34.2 Å². The smallest absolute Gasteiger partial charge is 0.339 e. The molecule has 198 valence electrons.